The standard InChI is InChI=1S/C18H23N3O3S/c1-3-23-13-6-5-12(16(9-13)24-4-2)10-21-8-7-14-15(11-21)19-18(25)20-17(14)22/h5-6,9H,3-4,7-8,10-11H2,1-2H3,(H2,19,20,22,25). The number of ether oxygens (including phenoxy) is 2. The number of nitrogens with zero attached hydrogens (tertiary/aromatic N) is 1. The van der Waals surface area contributed by atoms with E-state index in [1.54, 1.807) is 0 Å². The average molecular weight is 361 g/mol. The minimum Gasteiger partial charge on any atom is -0.494 e. The number of H-pyrrole nitrogens is 2. The fourth-order valence-corrected chi connectivity index (χ4v) is 3.33. The lowest BCUT2D eigenvalue weighted by atomic mass is 10.1. The molecule has 0 saturated carbocycles. The van der Waals surface area contributed by atoms with Crippen molar-refractivity contribution in [1.29, 1.82) is 0 Å². The molecule has 1 aliphatic rings. The molecule has 6 nitrogen and oxygen atoms in total. The minimum absolute atomic E-state index is 0.0746. The van der Waals surface area contributed by atoms with Crippen molar-refractivity contribution in [1.82, 2.24) is 14.9 Å². The zero-order chi connectivity index (χ0) is 17.8. The molecular formula is C18H23N3O3S. The third-order valence-electron chi connectivity index (χ3n) is 4.23. The van der Waals surface area contributed by atoms with Gasteiger partial charge in [0.1, 0.15) is 11.5 Å². The van der Waals surface area contributed by atoms with Gasteiger partial charge in [-0.1, -0.05) is 6.07 Å². The predicted octanol–water partition coefficient (Wildman–Crippen LogP) is 2.79. The van der Waals surface area contributed by atoms with Crippen LogP contribution >= 0.6 is 12.2 Å². The first-order valence-corrected chi connectivity index (χ1v) is 8.96. The van der Waals surface area contributed by atoms with Crippen LogP contribution in [-0.2, 0) is 19.5 Å². The van der Waals surface area contributed by atoms with Crippen LogP contribution in [0, 0.1) is 4.77 Å². The number of hydrogen-bond acceptors (Lipinski definition) is 5. The lowest BCUT2D eigenvalue weighted by Crippen LogP contribution is -2.34. The highest BCUT2D eigenvalue weighted by Gasteiger charge is 2.20. The van der Waals surface area contributed by atoms with Crippen molar-refractivity contribution in [2.75, 3.05) is 19.8 Å². The Labute approximate surface area is 151 Å². The summed E-state index contributed by atoms with van der Waals surface area (Å²) in [4.78, 5) is 20.1. The maximum atomic E-state index is 12.0. The number of benzene rings is 1. The first-order chi connectivity index (χ1) is 12.1. The van der Waals surface area contributed by atoms with Crippen LogP contribution in [0.15, 0.2) is 23.0 Å². The fourth-order valence-electron chi connectivity index (χ4n) is 3.12. The Bertz CT molecular complexity index is 859. The Kier molecular flexibility index (Phi) is 5.55. The molecule has 2 aromatic rings. The molecule has 0 fully saturated rings. The van der Waals surface area contributed by atoms with Gasteiger partial charge in [0.05, 0.1) is 13.2 Å². The molecule has 1 aliphatic heterocycles. The van der Waals surface area contributed by atoms with E-state index >= 15 is 0 Å². The number of aromatic nitrogens is 2. The van der Waals surface area contributed by atoms with E-state index < -0.39 is 0 Å². The summed E-state index contributed by atoms with van der Waals surface area (Å²) in [5, 5.41) is 0. The van der Waals surface area contributed by atoms with Crippen LogP contribution in [0.3, 0.4) is 0 Å². The molecule has 0 spiro atoms. The maximum absolute atomic E-state index is 12.0. The van der Waals surface area contributed by atoms with Crippen LogP contribution in [0.2, 0.25) is 0 Å². The van der Waals surface area contributed by atoms with Gasteiger partial charge in [0.15, 0.2) is 4.77 Å². The van der Waals surface area contributed by atoms with Gasteiger partial charge in [-0.15, -0.1) is 0 Å². The van der Waals surface area contributed by atoms with E-state index in [9.17, 15) is 4.79 Å². The topological polar surface area (TPSA) is 70.3 Å². The Morgan fingerprint density at radius 1 is 1.20 bits per heavy atom. The highest BCUT2D eigenvalue weighted by Crippen LogP contribution is 2.27. The van der Waals surface area contributed by atoms with E-state index in [0.717, 1.165) is 41.4 Å². The number of hydrogen-bond donors (Lipinski definition) is 2. The van der Waals surface area contributed by atoms with Crippen molar-refractivity contribution >= 4 is 12.2 Å². The van der Waals surface area contributed by atoms with Gasteiger partial charge in [0.2, 0.25) is 0 Å². The monoisotopic (exact) mass is 361 g/mol. The zero-order valence-corrected chi connectivity index (χ0v) is 15.4. The largest absolute Gasteiger partial charge is 0.494 e. The van der Waals surface area contributed by atoms with Crippen molar-refractivity contribution in [3.05, 3.63) is 50.1 Å². The summed E-state index contributed by atoms with van der Waals surface area (Å²) in [6.07, 6.45) is 0.706. The van der Waals surface area contributed by atoms with E-state index in [-0.39, 0.29) is 5.56 Å². The molecule has 2 N–H and O–H groups in total. The molecule has 0 bridgehead atoms. The molecule has 0 radical (unpaired) electrons. The molecule has 7 heteroatoms. The molecule has 134 valence electrons. The number of aromatic amines is 2. The molecule has 3 rings (SSSR count). The van der Waals surface area contributed by atoms with E-state index in [4.69, 9.17) is 21.7 Å². The van der Waals surface area contributed by atoms with E-state index in [1.807, 2.05) is 32.0 Å². The first-order valence-electron chi connectivity index (χ1n) is 8.56. The maximum Gasteiger partial charge on any atom is 0.255 e. The van der Waals surface area contributed by atoms with Crippen LogP contribution < -0.4 is 15.0 Å². The molecular weight excluding hydrogens is 338 g/mol. The average Bonchev–Trinajstić information content (AvgIpc) is 2.57. The second-order valence-electron chi connectivity index (χ2n) is 5.96. The normalized spacial score (nSPS) is 14.2. The van der Waals surface area contributed by atoms with Crippen LogP contribution in [0.25, 0.3) is 0 Å². The van der Waals surface area contributed by atoms with Gasteiger partial charge in [-0.25, -0.2) is 0 Å². The second kappa shape index (κ2) is 7.84. The van der Waals surface area contributed by atoms with E-state index in [1.165, 1.54) is 0 Å². The second-order valence-corrected chi connectivity index (χ2v) is 6.37. The molecule has 0 atom stereocenters. The minimum atomic E-state index is -0.0746. The molecule has 1 aromatic heterocycles. The van der Waals surface area contributed by atoms with E-state index in [2.05, 4.69) is 14.9 Å². The lowest BCUT2D eigenvalue weighted by molar-refractivity contribution is 0.234. The summed E-state index contributed by atoms with van der Waals surface area (Å²) in [6.45, 7) is 7.40. The van der Waals surface area contributed by atoms with Crippen molar-refractivity contribution in [3.8, 4) is 11.5 Å². The lowest BCUT2D eigenvalue weighted by Gasteiger charge is -2.28. The zero-order valence-electron chi connectivity index (χ0n) is 14.6. The predicted molar refractivity (Wildman–Crippen MR) is 98.8 cm³/mol. The Hall–Kier alpha value is -2.12. The highest BCUT2D eigenvalue weighted by molar-refractivity contribution is 7.71. The molecule has 0 aliphatic carbocycles. The highest BCUT2D eigenvalue weighted by atomic mass is 32.1. The summed E-state index contributed by atoms with van der Waals surface area (Å²) < 4.78 is 11.7. The van der Waals surface area contributed by atoms with Gasteiger partial charge >= 0.3 is 0 Å². The number of fused-ring (bicyclic) bond motifs is 1. The Morgan fingerprint density at radius 2 is 2.00 bits per heavy atom. The number of nitrogens with one attached hydrogen (secondary N) is 2. The summed E-state index contributed by atoms with van der Waals surface area (Å²) in [6, 6.07) is 5.96. The quantitative estimate of drug-likeness (QED) is 0.774. The SMILES string of the molecule is CCOc1ccc(CN2CCc3c([nH]c(=S)[nH]c3=O)C2)c(OCC)c1. The first kappa shape index (κ1) is 17.7. The Balaban J connectivity index is 1.80. The van der Waals surface area contributed by atoms with Crippen LogP contribution in [0.1, 0.15) is 30.7 Å². The molecule has 0 saturated heterocycles. The van der Waals surface area contributed by atoms with Gasteiger partial charge < -0.3 is 14.5 Å². The Morgan fingerprint density at radius 3 is 2.76 bits per heavy atom. The van der Waals surface area contributed by atoms with Crippen molar-refractivity contribution in [2.45, 2.75) is 33.4 Å². The van der Waals surface area contributed by atoms with Crippen LogP contribution in [0.5, 0.6) is 11.5 Å². The summed E-state index contributed by atoms with van der Waals surface area (Å²) >= 11 is 5.08. The van der Waals surface area contributed by atoms with Gasteiger partial charge in [-0.3, -0.25) is 14.7 Å². The summed E-state index contributed by atoms with van der Waals surface area (Å²) in [7, 11) is 0. The van der Waals surface area contributed by atoms with Crippen LogP contribution in [-0.4, -0.2) is 34.6 Å². The number of rotatable bonds is 6. The molecule has 1 aromatic carbocycles. The van der Waals surface area contributed by atoms with Gasteiger partial charge in [-0.05, 0) is 38.6 Å². The van der Waals surface area contributed by atoms with E-state index in [0.29, 0.717) is 31.0 Å². The van der Waals surface area contributed by atoms with Crippen molar-refractivity contribution in [2.24, 2.45) is 0 Å². The van der Waals surface area contributed by atoms with Gasteiger partial charge in [-0.2, -0.15) is 0 Å². The summed E-state index contributed by atoms with van der Waals surface area (Å²) in [5.74, 6) is 1.66. The molecule has 0 unspecified atom stereocenters. The fraction of sp³-hybridized carbons (Fsp3) is 0.444. The van der Waals surface area contributed by atoms with Crippen molar-refractivity contribution < 1.29 is 9.47 Å². The molecule has 2 heterocycles. The van der Waals surface area contributed by atoms with Crippen LogP contribution in [0.4, 0.5) is 0 Å². The van der Waals surface area contributed by atoms with Crippen molar-refractivity contribution in [3.63, 3.8) is 0 Å². The smallest absolute Gasteiger partial charge is 0.255 e. The van der Waals surface area contributed by atoms with Gasteiger partial charge in [0.25, 0.3) is 5.56 Å². The third-order valence-corrected chi connectivity index (χ3v) is 4.44. The molecule has 25 heavy (non-hydrogen) atoms. The third kappa shape index (κ3) is 4.11. The summed E-state index contributed by atoms with van der Waals surface area (Å²) in [5.41, 5.74) is 2.75. The van der Waals surface area contributed by atoms with Gasteiger partial charge in [0, 0.05) is 42.5 Å². The molecule has 0 amide bonds.